The second-order valence-corrected chi connectivity index (χ2v) is 4.54. The van der Waals surface area contributed by atoms with Crippen molar-refractivity contribution >= 4 is 5.78 Å². The summed E-state index contributed by atoms with van der Waals surface area (Å²) in [5, 5.41) is 9.84. The van der Waals surface area contributed by atoms with E-state index in [1.807, 2.05) is 12.1 Å². The molecular weight excluding hydrogens is 204 g/mol. The third kappa shape index (κ3) is 1.52. The minimum Gasteiger partial charge on any atom is -0.492 e. The van der Waals surface area contributed by atoms with Gasteiger partial charge in [-0.05, 0) is 30.4 Å². The minimum atomic E-state index is -0.837. The highest BCUT2D eigenvalue weighted by Crippen LogP contribution is 2.36. The van der Waals surface area contributed by atoms with Gasteiger partial charge >= 0.3 is 0 Å². The third-order valence-corrected chi connectivity index (χ3v) is 3.32. The number of hydrogen-bond donors (Lipinski definition) is 1. The fourth-order valence-corrected chi connectivity index (χ4v) is 2.19. The number of rotatable bonds is 3. The van der Waals surface area contributed by atoms with Gasteiger partial charge in [-0.2, -0.15) is 0 Å². The molecular formula is C13H14O3. The van der Waals surface area contributed by atoms with Crippen molar-refractivity contribution in [3.63, 3.8) is 0 Å². The number of carbonyl (C=O) groups is 1. The molecule has 1 unspecified atom stereocenters. The monoisotopic (exact) mass is 218 g/mol. The van der Waals surface area contributed by atoms with E-state index in [0.29, 0.717) is 17.9 Å². The van der Waals surface area contributed by atoms with Gasteiger partial charge in [0.1, 0.15) is 11.9 Å². The summed E-state index contributed by atoms with van der Waals surface area (Å²) in [7, 11) is 0. The number of fused-ring (bicyclic) bond motifs is 1. The molecule has 2 aliphatic rings. The van der Waals surface area contributed by atoms with E-state index < -0.39 is 6.10 Å². The average molecular weight is 218 g/mol. The molecule has 0 saturated heterocycles. The van der Waals surface area contributed by atoms with E-state index in [1.165, 1.54) is 0 Å². The highest BCUT2D eigenvalue weighted by molar-refractivity contribution is 6.02. The number of benzene rings is 1. The Kier molecular flexibility index (Phi) is 2.21. The maximum Gasteiger partial charge on any atom is 0.195 e. The Morgan fingerprint density at radius 1 is 1.44 bits per heavy atom. The molecule has 1 atom stereocenters. The molecule has 0 radical (unpaired) electrons. The van der Waals surface area contributed by atoms with Gasteiger partial charge in [-0.3, -0.25) is 4.79 Å². The summed E-state index contributed by atoms with van der Waals surface area (Å²) in [6.45, 7) is 0.638. The molecule has 16 heavy (non-hydrogen) atoms. The van der Waals surface area contributed by atoms with Gasteiger partial charge in [0.15, 0.2) is 5.78 Å². The summed E-state index contributed by atoms with van der Waals surface area (Å²) >= 11 is 0. The van der Waals surface area contributed by atoms with Gasteiger partial charge in [0.2, 0.25) is 0 Å². The first-order chi connectivity index (χ1) is 7.77. The van der Waals surface area contributed by atoms with E-state index in [9.17, 15) is 9.90 Å². The fourth-order valence-electron chi connectivity index (χ4n) is 2.19. The first kappa shape index (κ1) is 9.85. The molecule has 84 valence electrons. The Morgan fingerprint density at radius 2 is 2.25 bits per heavy atom. The average Bonchev–Trinajstić information content (AvgIpc) is 3.04. The van der Waals surface area contributed by atoms with Gasteiger partial charge in [-0.1, -0.05) is 12.1 Å². The molecule has 1 fully saturated rings. The maximum absolute atomic E-state index is 12.1. The molecule has 1 heterocycles. The van der Waals surface area contributed by atoms with Crippen LogP contribution in [0.4, 0.5) is 0 Å². The largest absolute Gasteiger partial charge is 0.492 e. The molecule has 3 rings (SSSR count). The minimum absolute atomic E-state index is 0.171. The van der Waals surface area contributed by atoms with Crippen LogP contribution in [0.25, 0.3) is 0 Å². The van der Waals surface area contributed by atoms with Crippen molar-refractivity contribution in [2.24, 2.45) is 5.92 Å². The van der Waals surface area contributed by atoms with E-state index >= 15 is 0 Å². The first-order valence-electron chi connectivity index (χ1n) is 5.74. The van der Waals surface area contributed by atoms with Crippen LogP contribution in [0.5, 0.6) is 5.75 Å². The van der Waals surface area contributed by atoms with Gasteiger partial charge < -0.3 is 9.84 Å². The van der Waals surface area contributed by atoms with Crippen molar-refractivity contribution in [1.29, 1.82) is 0 Å². The molecule has 0 spiro atoms. The van der Waals surface area contributed by atoms with E-state index in [4.69, 9.17) is 4.74 Å². The number of ether oxygens (including phenoxy) is 1. The standard InChI is InChI=1S/C13H14O3/c14-11(8-4-5-8)12(15)10-3-1-2-9-6-7-16-13(9)10/h1-3,8,11,14H,4-7H2. The second kappa shape index (κ2) is 3.59. The van der Waals surface area contributed by atoms with Crippen LogP contribution in [0.15, 0.2) is 18.2 Å². The molecule has 1 aliphatic carbocycles. The van der Waals surface area contributed by atoms with E-state index in [0.717, 1.165) is 24.8 Å². The number of aliphatic hydroxyl groups is 1. The molecule has 3 heteroatoms. The zero-order chi connectivity index (χ0) is 11.1. The molecule has 1 N–H and O–H groups in total. The lowest BCUT2D eigenvalue weighted by atomic mass is 9.99. The smallest absolute Gasteiger partial charge is 0.195 e. The Bertz CT molecular complexity index is 435. The van der Waals surface area contributed by atoms with Crippen molar-refractivity contribution in [1.82, 2.24) is 0 Å². The molecule has 1 aromatic rings. The third-order valence-electron chi connectivity index (χ3n) is 3.32. The van der Waals surface area contributed by atoms with Crippen molar-refractivity contribution in [3.8, 4) is 5.75 Å². The van der Waals surface area contributed by atoms with Crippen molar-refractivity contribution in [2.45, 2.75) is 25.4 Å². The van der Waals surface area contributed by atoms with Crippen LogP contribution in [0.2, 0.25) is 0 Å². The van der Waals surface area contributed by atoms with Crippen LogP contribution >= 0.6 is 0 Å². The zero-order valence-electron chi connectivity index (χ0n) is 8.98. The molecule has 1 aromatic carbocycles. The molecule has 1 saturated carbocycles. The van der Waals surface area contributed by atoms with Crippen LogP contribution < -0.4 is 4.74 Å². The lowest BCUT2D eigenvalue weighted by Crippen LogP contribution is -2.23. The number of para-hydroxylation sites is 1. The van der Waals surface area contributed by atoms with Crippen molar-refractivity contribution in [2.75, 3.05) is 6.61 Å². The zero-order valence-corrected chi connectivity index (χ0v) is 8.98. The highest BCUT2D eigenvalue weighted by atomic mass is 16.5. The van der Waals surface area contributed by atoms with Crippen LogP contribution in [-0.2, 0) is 6.42 Å². The summed E-state index contributed by atoms with van der Waals surface area (Å²) in [5.41, 5.74) is 1.63. The number of hydrogen-bond acceptors (Lipinski definition) is 3. The Morgan fingerprint density at radius 3 is 3.00 bits per heavy atom. The summed E-state index contributed by atoms with van der Waals surface area (Å²) in [5.74, 6) is 0.679. The Balaban J connectivity index is 1.94. The Hall–Kier alpha value is -1.35. The number of carbonyl (C=O) groups excluding carboxylic acids is 1. The summed E-state index contributed by atoms with van der Waals surface area (Å²) in [4.78, 5) is 12.1. The van der Waals surface area contributed by atoms with Crippen molar-refractivity contribution < 1.29 is 14.6 Å². The van der Waals surface area contributed by atoms with Gasteiger partial charge in [0, 0.05) is 6.42 Å². The van der Waals surface area contributed by atoms with Gasteiger partial charge in [0.05, 0.1) is 12.2 Å². The van der Waals surface area contributed by atoms with Gasteiger partial charge in [0.25, 0.3) is 0 Å². The van der Waals surface area contributed by atoms with E-state index in [1.54, 1.807) is 6.07 Å². The summed E-state index contributed by atoms with van der Waals surface area (Å²) in [6, 6.07) is 5.58. The SMILES string of the molecule is O=C(c1cccc2c1OCC2)C(O)C1CC1. The molecule has 0 bridgehead atoms. The van der Waals surface area contributed by atoms with E-state index in [2.05, 4.69) is 0 Å². The lowest BCUT2D eigenvalue weighted by Gasteiger charge is -2.11. The number of Topliss-reactive ketones (excluding diaryl/α,β-unsaturated/α-hetero) is 1. The highest BCUT2D eigenvalue weighted by Gasteiger charge is 2.36. The fraction of sp³-hybridized carbons (Fsp3) is 0.462. The number of ketones is 1. The summed E-state index contributed by atoms with van der Waals surface area (Å²) in [6.07, 6.45) is 1.94. The van der Waals surface area contributed by atoms with Crippen LogP contribution in [0, 0.1) is 5.92 Å². The van der Waals surface area contributed by atoms with Crippen molar-refractivity contribution in [3.05, 3.63) is 29.3 Å². The quantitative estimate of drug-likeness (QED) is 0.783. The summed E-state index contributed by atoms with van der Waals surface area (Å²) < 4.78 is 5.47. The maximum atomic E-state index is 12.1. The molecule has 3 nitrogen and oxygen atoms in total. The molecule has 1 aliphatic heterocycles. The first-order valence-corrected chi connectivity index (χ1v) is 5.74. The normalized spacial score (nSPS) is 20.1. The molecule has 0 aromatic heterocycles. The van der Waals surface area contributed by atoms with Crippen LogP contribution in [0.1, 0.15) is 28.8 Å². The number of aliphatic hydroxyl groups excluding tert-OH is 1. The predicted octanol–water partition coefficient (Wildman–Crippen LogP) is 1.58. The van der Waals surface area contributed by atoms with E-state index in [-0.39, 0.29) is 11.7 Å². The second-order valence-electron chi connectivity index (χ2n) is 4.54. The topological polar surface area (TPSA) is 46.5 Å². The molecule has 0 amide bonds. The van der Waals surface area contributed by atoms with Gasteiger partial charge in [-0.15, -0.1) is 0 Å². The van der Waals surface area contributed by atoms with Gasteiger partial charge in [-0.25, -0.2) is 0 Å². The lowest BCUT2D eigenvalue weighted by molar-refractivity contribution is 0.0700. The Labute approximate surface area is 94.0 Å². The predicted molar refractivity (Wildman–Crippen MR) is 58.7 cm³/mol. The van der Waals surface area contributed by atoms with Crippen LogP contribution in [-0.4, -0.2) is 23.6 Å². The van der Waals surface area contributed by atoms with Crippen LogP contribution in [0.3, 0.4) is 0 Å².